The van der Waals surface area contributed by atoms with Crippen LogP contribution in [0, 0.1) is 11.8 Å². The van der Waals surface area contributed by atoms with Crippen molar-refractivity contribution < 1.29 is 9.90 Å². The molecule has 0 spiro atoms. The fraction of sp³-hybridized carbons (Fsp3) is 0.900. The van der Waals surface area contributed by atoms with Crippen LogP contribution in [0.5, 0.6) is 0 Å². The number of hydrogen-bond acceptors (Lipinski definition) is 3. The van der Waals surface area contributed by atoms with E-state index < -0.39 is 0 Å². The van der Waals surface area contributed by atoms with Gasteiger partial charge in [-0.2, -0.15) is 0 Å². The average molecular weight is 492 g/mol. The van der Waals surface area contributed by atoms with Crippen molar-refractivity contribution in [2.75, 3.05) is 26.2 Å². The lowest BCUT2D eigenvalue weighted by molar-refractivity contribution is -0.135. The zero-order valence-electron chi connectivity index (χ0n) is 16.7. The second-order valence-corrected chi connectivity index (χ2v) is 8.23. The Kier molecular flexibility index (Phi) is 9.62. The first-order valence-electron chi connectivity index (χ1n) is 10.7. The number of hydrogen-bond donors (Lipinski definition) is 3. The fourth-order valence-corrected chi connectivity index (χ4v) is 4.64. The summed E-state index contributed by atoms with van der Waals surface area (Å²) >= 11 is 0. The van der Waals surface area contributed by atoms with Crippen molar-refractivity contribution in [1.29, 1.82) is 0 Å². The molecule has 27 heavy (non-hydrogen) atoms. The molecule has 1 aliphatic heterocycles. The molecule has 2 saturated carbocycles. The molecule has 1 heterocycles. The number of halogens is 1. The molecule has 2 aliphatic carbocycles. The highest BCUT2D eigenvalue weighted by Gasteiger charge is 2.32. The van der Waals surface area contributed by atoms with Crippen molar-refractivity contribution in [3.05, 3.63) is 0 Å². The number of nitrogens with zero attached hydrogens (tertiary/aromatic N) is 2. The largest absolute Gasteiger partial charge is 0.393 e. The van der Waals surface area contributed by atoms with Gasteiger partial charge in [0.15, 0.2) is 5.96 Å². The molecule has 3 unspecified atom stereocenters. The van der Waals surface area contributed by atoms with Gasteiger partial charge in [0.2, 0.25) is 5.91 Å². The maximum atomic E-state index is 12.7. The van der Waals surface area contributed by atoms with Gasteiger partial charge in [0.1, 0.15) is 0 Å². The Morgan fingerprint density at radius 3 is 2.56 bits per heavy atom. The number of aliphatic imine (C=N–C) groups is 1. The minimum atomic E-state index is -0.197. The van der Waals surface area contributed by atoms with Gasteiger partial charge in [-0.1, -0.05) is 25.7 Å². The number of aliphatic hydroxyl groups is 1. The number of amides is 1. The second-order valence-electron chi connectivity index (χ2n) is 8.23. The van der Waals surface area contributed by atoms with Crippen LogP contribution < -0.4 is 10.6 Å². The number of rotatable bonds is 5. The highest BCUT2D eigenvalue weighted by molar-refractivity contribution is 14.0. The van der Waals surface area contributed by atoms with Crippen molar-refractivity contribution in [2.45, 2.75) is 76.9 Å². The van der Waals surface area contributed by atoms with Crippen molar-refractivity contribution in [3.63, 3.8) is 0 Å². The number of nitrogens with one attached hydrogen (secondary N) is 2. The van der Waals surface area contributed by atoms with Crippen molar-refractivity contribution in [1.82, 2.24) is 15.5 Å². The molecule has 3 N–H and O–H groups in total. The monoisotopic (exact) mass is 492 g/mol. The van der Waals surface area contributed by atoms with Crippen LogP contribution >= 0.6 is 24.0 Å². The summed E-state index contributed by atoms with van der Waals surface area (Å²) in [5.41, 5.74) is 0. The molecule has 0 aromatic rings. The van der Waals surface area contributed by atoms with Crippen LogP contribution in [0.25, 0.3) is 0 Å². The molecule has 0 radical (unpaired) electrons. The van der Waals surface area contributed by atoms with Crippen molar-refractivity contribution >= 4 is 35.8 Å². The van der Waals surface area contributed by atoms with Crippen LogP contribution in [0.4, 0.5) is 0 Å². The Morgan fingerprint density at radius 1 is 1.11 bits per heavy atom. The molecule has 0 aromatic heterocycles. The Labute approximate surface area is 181 Å². The Bertz CT molecular complexity index is 496. The van der Waals surface area contributed by atoms with E-state index in [0.29, 0.717) is 18.4 Å². The first-order chi connectivity index (χ1) is 12.7. The number of aliphatic hydroxyl groups excluding tert-OH is 1. The van der Waals surface area contributed by atoms with E-state index in [-0.39, 0.29) is 42.0 Å². The third kappa shape index (κ3) is 6.48. The lowest BCUT2D eigenvalue weighted by atomic mass is 9.88. The van der Waals surface area contributed by atoms with Crippen molar-refractivity contribution in [3.8, 4) is 0 Å². The summed E-state index contributed by atoms with van der Waals surface area (Å²) in [5.74, 6) is 1.74. The van der Waals surface area contributed by atoms with Crippen LogP contribution in [0.3, 0.4) is 0 Å². The van der Waals surface area contributed by atoms with E-state index in [1.54, 1.807) is 0 Å². The molecule has 0 bridgehead atoms. The van der Waals surface area contributed by atoms with E-state index in [1.165, 1.54) is 19.3 Å². The normalized spacial score (nSPS) is 29.5. The number of carbonyl (C=O) groups excluding carboxylic acids is 1. The van der Waals surface area contributed by atoms with Gasteiger partial charge in [0.05, 0.1) is 6.10 Å². The highest BCUT2D eigenvalue weighted by atomic mass is 127. The van der Waals surface area contributed by atoms with Gasteiger partial charge in [0.25, 0.3) is 0 Å². The summed E-state index contributed by atoms with van der Waals surface area (Å²) < 4.78 is 0. The van der Waals surface area contributed by atoms with Gasteiger partial charge < -0.3 is 20.6 Å². The van der Waals surface area contributed by atoms with E-state index in [9.17, 15) is 9.90 Å². The summed E-state index contributed by atoms with van der Waals surface area (Å²) in [4.78, 5) is 19.5. The molecular weight excluding hydrogens is 455 g/mol. The third-order valence-corrected chi connectivity index (χ3v) is 6.24. The van der Waals surface area contributed by atoms with Gasteiger partial charge in [-0.15, -0.1) is 24.0 Å². The molecule has 1 saturated heterocycles. The first-order valence-corrected chi connectivity index (χ1v) is 10.7. The Balaban J connectivity index is 0.00000261. The molecule has 3 rings (SSSR count). The minimum Gasteiger partial charge on any atom is -0.393 e. The predicted octanol–water partition coefficient (Wildman–Crippen LogP) is 2.50. The minimum absolute atomic E-state index is 0. The second kappa shape index (κ2) is 11.4. The van der Waals surface area contributed by atoms with Crippen LogP contribution in [0.15, 0.2) is 4.99 Å². The topological polar surface area (TPSA) is 77.0 Å². The van der Waals surface area contributed by atoms with Gasteiger partial charge in [-0.3, -0.25) is 9.79 Å². The van der Waals surface area contributed by atoms with Gasteiger partial charge in [-0.25, -0.2) is 0 Å². The summed E-state index contributed by atoms with van der Waals surface area (Å²) in [7, 11) is 0. The third-order valence-electron chi connectivity index (χ3n) is 6.24. The lowest BCUT2D eigenvalue weighted by Gasteiger charge is -2.26. The summed E-state index contributed by atoms with van der Waals surface area (Å²) in [5, 5.41) is 16.8. The summed E-state index contributed by atoms with van der Waals surface area (Å²) in [6, 6.07) is 0.272. The summed E-state index contributed by atoms with van der Waals surface area (Å²) in [6.07, 6.45) is 9.70. The maximum absolute atomic E-state index is 12.7. The van der Waals surface area contributed by atoms with E-state index in [2.05, 4.69) is 22.5 Å². The Hall–Kier alpha value is -0.570. The van der Waals surface area contributed by atoms with Gasteiger partial charge in [0, 0.05) is 44.1 Å². The molecule has 3 fully saturated rings. The standard InChI is InChI=1S/C20H36N4O2.HI/c1-2-21-20(22-13-16-9-6-10-18(16)25)23-17-11-12-24(14-17)19(26)15-7-4-3-5-8-15;/h15-18,25H,2-14H2,1H3,(H2,21,22,23);1H. The Morgan fingerprint density at radius 2 is 1.89 bits per heavy atom. The lowest BCUT2D eigenvalue weighted by Crippen LogP contribution is -2.45. The number of guanidine groups is 1. The van der Waals surface area contributed by atoms with Gasteiger partial charge >= 0.3 is 0 Å². The molecule has 156 valence electrons. The molecule has 0 aromatic carbocycles. The van der Waals surface area contributed by atoms with E-state index in [1.807, 2.05) is 0 Å². The molecular formula is C20H37IN4O2. The predicted molar refractivity (Wildman–Crippen MR) is 119 cm³/mol. The smallest absolute Gasteiger partial charge is 0.225 e. The number of carbonyl (C=O) groups is 1. The zero-order chi connectivity index (χ0) is 18.4. The van der Waals surface area contributed by atoms with Crippen LogP contribution in [0.1, 0.15) is 64.7 Å². The molecule has 3 aliphatic rings. The van der Waals surface area contributed by atoms with E-state index in [4.69, 9.17) is 4.99 Å². The molecule has 7 heteroatoms. The average Bonchev–Trinajstić information content (AvgIpc) is 3.29. The van der Waals surface area contributed by atoms with E-state index >= 15 is 0 Å². The first kappa shape index (κ1) is 22.7. The number of likely N-dealkylation sites (tertiary alicyclic amines) is 1. The quantitative estimate of drug-likeness (QED) is 0.313. The van der Waals surface area contributed by atoms with E-state index in [0.717, 1.165) is 64.1 Å². The van der Waals surface area contributed by atoms with Gasteiger partial charge in [-0.05, 0) is 39.0 Å². The molecule has 3 atom stereocenters. The maximum Gasteiger partial charge on any atom is 0.225 e. The van der Waals surface area contributed by atoms with Crippen molar-refractivity contribution in [2.24, 2.45) is 16.8 Å². The van der Waals surface area contributed by atoms with Crippen LogP contribution in [-0.2, 0) is 4.79 Å². The fourth-order valence-electron chi connectivity index (χ4n) is 4.64. The SMILES string of the molecule is CCNC(=NCC1CCCC1O)NC1CCN(C(=O)C2CCCCC2)C1.I. The van der Waals surface area contributed by atoms with Crippen LogP contribution in [0.2, 0.25) is 0 Å². The highest BCUT2D eigenvalue weighted by Crippen LogP contribution is 2.27. The molecule has 1 amide bonds. The zero-order valence-corrected chi connectivity index (χ0v) is 19.0. The van der Waals surface area contributed by atoms with Crippen LogP contribution in [-0.4, -0.2) is 60.2 Å². The molecule has 6 nitrogen and oxygen atoms in total. The summed E-state index contributed by atoms with van der Waals surface area (Å²) in [6.45, 7) is 5.19.